The van der Waals surface area contributed by atoms with Crippen LogP contribution in [-0.2, 0) is 17.6 Å². The van der Waals surface area contributed by atoms with E-state index in [-0.39, 0.29) is 0 Å². The first-order valence-electron chi connectivity index (χ1n) is 10.9. The Morgan fingerprint density at radius 1 is 0.941 bits per heavy atom. The zero-order valence-electron chi connectivity index (χ0n) is 18.9. The van der Waals surface area contributed by atoms with Crippen LogP contribution in [0.5, 0.6) is 11.6 Å². The Morgan fingerprint density at radius 2 is 1.74 bits per heavy atom. The number of furan rings is 1. The maximum atomic E-state index is 12.0. The molecule has 0 spiro atoms. The minimum absolute atomic E-state index is 0.353. The first kappa shape index (κ1) is 21.5. The van der Waals surface area contributed by atoms with Crippen LogP contribution in [0.2, 0.25) is 0 Å². The van der Waals surface area contributed by atoms with Crippen molar-refractivity contribution in [3.05, 3.63) is 102 Å². The van der Waals surface area contributed by atoms with Gasteiger partial charge in [0, 0.05) is 25.1 Å². The third kappa shape index (κ3) is 4.28. The van der Waals surface area contributed by atoms with E-state index in [0.717, 1.165) is 22.6 Å². The van der Waals surface area contributed by atoms with Gasteiger partial charge in [0.1, 0.15) is 17.2 Å². The predicted molar refractivity (Wildman–Crippen MR) is 127 cm³/mol. The summed E-state index contributed by atoms with van der Waals surface area (Å²) < 4.78 is 18.6. The Balaban J connectivity index is 1.74. The van der Waals surface area contributed by atoms with Crippen LogP contribution in [0.15, 0.2) is 83.6 Å². The summed E-state index contributed by atoms with van der Waals surface area (Å²) in [4.78, 5) is 21.8. The van der Waals surface area contributed by atoms with Gasteiger partial charge < -0.3 is 13.9 Å². The van der Waals surface area contributed by atoms with Crippen molar-refractivity contribution >= 4 is 11.6 Å². The molecule has 0 fully saturated rings. The van der Waals surface area contributed by atoms with Crippen LogP contribution in [0.4, 0.5) is 0 Å². The average molecular weight is 453 g/mol. The fourth-order valence-electron chi connectivity index (χ4n) is 3.97. The Morgan fingerprint density at radius 3 is 2.47 bits per heavy atom. The zero-order chi connectivity index (χ0) is 23.5. The van der Waals surface area contributed by atoms with Gasteiger partial charge in [0.05, 0.1) is 31.2 Å². The molecule has 0 saturated carbocycles. The molecule has 3 heterocycles. The summed E-state index contributed by atoms with van der Waals surface area (Å²) in [5.74, 6) is 1.35. The third-order valence-corrected chi connectivity index (χ3v) is 5.46. The van der Waals surface area contributed by atoms with E-state index in [2.05, 4.69) is 0 Å². The molecular weight excluding hydrogens is 430 g/mol. The Bertz CT molecular complexity index is 1440. The van der Waals surface area contributed by atoms with Crippen molar-refractivity contribution in [3.63, 3.8) is 0 Å². The normalized spacial score (nSPS) is 11.0. The van der Waals surface area contributed by atoms with Gasteiger partial charge in [-0.15, -0.1) is 0 Å². The van der Waals surface area contributed by atoms with E-state index < -0.39 is 5.97 Å². The molecule has 2 aromatic carbocycles. The highest BCUT2D eigenvalue weighted by molar-refractivity contribution is 5.72. The SMILES string of the molecule is COc1ccccc1-c1cn2c(OC(C)=O)c(Cc3ccco3)nc2c(Cc2ccccc2)n1. The number of benzene rings is 2. The molecule has 170 valence electrons. The predicted octanol–water partition coefficient (Wildman–Crippen LogP) is 5.10. The lowest BCUT2D eigenvalue weighted by Gasteiger charge is -2.12. The van der Waals surface area contributed by atoms with Gasteiger partial charge in [-0.2, -0.15) is 0 Å². The first-order valence-corrected chi connectivity index (χ1v) is 10.9. The van der Waals surface area contributed by atoms with Gasteiger partial charge in [0.25, 0.3) is 0 Å². The van der Waals surface area contributed by atoms with Crippen molar-refractivity contribution in [2.75, 3.05) is 7.11 Å². The molecule has 5 aromatic rings. The summed E-state index contributed by atoms with van der Waals surface area (Å²) >= 11 is 0. The molecule has 0 N–H and O–H groups in total. The second-order valence-electron chi connectivity index (χ2n) is 7.84. The van der Waals surface area contributed by atoms with Crippen molar-refractivity contribution in [2.24, 2.45) is 0 Å². The number of carbonyl (C=O) groups is 1. The number of imidazole rings is 1. The van der Waals surface area contributed by atoms with E-state index in [1.807, 2.05) is 72.9 Å². The molecule has 0 unspecified atom stereocenters. The maximum Gasteiger partial charge on any atom is 0.309 e. The molecule has 0 atom stereocenters. The molecule has 0 aliphatic carbocycles. The van der Waals surface area contributed by atoms with Crippen molar-refractivity contribution in [3.8, 4) is 22.9 Å². The van der Waals surface area contributed by atoms with Crippen LogP contribution < -0.4 is 9.47 Å². The number of ether oxygens (including phenoxy) is 2. The fraction of sp³-hybridized carbons (Fsp3) is 0.148. The van der Waals surface area contributed by atoms with Gasteiger partial charge in [-0.3, -0.25) is 9.20 Å². The molecule has 0 aliphatic heterocycles. The molecule has 3 aromatic heterocycles. The standard InChI is InChI=1S/C27H23N3O4/c1-18(31)34-27-23(16-20-11-8-14-33-20)29-26-22(15-19-9-4-3-5-10-19)28-24(17-30(26)27)21-12-6-7-13-25(21)32-2/h3-14,17H,15-16H2,1-2H3. The number of hydrogen-bond acceptors (Lipinski definition) is 6. The molecule has 0 bridgehead atoms. The van der Waals surface area contributed by atoms with Crippen LogP contribution >= 0.6 is 0 Å². The number of fused-ring (bicyclic) bond motifs is 1. The number of methoxy groups -OCH3 is 1. The monoisotopic (exact) mass is 453 g/mol. The van der Waals surface area contributed by atoms with Crippen LogP contribution in [0, 0.1) is 0 Å². The topological polar surface area (TPSA) is 78.9 Å². The molecule has 34 heavy (non-hydrogen) atoms. The van der Waals surface area contributed by atoms with Crippen LogP contribution in [-0.4, -0.2) is 27.4 Å². The molecule has 0 radical (unpaired) electrons. The number of para-hydroxylation sites is 1. The number of esters is 1. The Hall–Kier alpha value is -4.39. The molecule has 0 amide bonds. The molecular formula is C27H23N3O4. The Labute approximate surface area is 196 Å². The smallest absolute Gasteiger partial charge is 0.309 e. The number of rotatable bonds is 7. The quantitative estimate of drug-likeness (QED) is 0.319. The van der Waals surface area contributed by atoms with Crippen LogP contribution in [0.1, 0.15) is 29.6 Å². The Kier molecular flexibility index (Phi) is 5.82. The molecule has 0 aliphatic rings. The number of carbonyl (C=O) groups excluding carboxylic acids is 1. The minimum Gasteiger partial charge on any atom is -0.496 e. The lowest BCUT2D eigenvalue weighted by Crippen LogP contribution is -2.07. The van der Waals surface area contributed by atoms with Gasteiger partial charge in [-0.25, -0.2) is 9.97 Å². The lowest BCUT2D eigenvalue weighted by molar-refractivity contribution is -0.132. The van der Waals surface area contributed by atoms with Crippen molar-refractivity contribution in [2.45, 2.75) is 19.8 Å². The van der Waals surface area contributed by atoms with Crippen molar-refractivity contribution in [1.82, 2.24) is 14.4 Å². The molecule has 5 rings (SSSR count). The summed E-state index contributed by atoms with van der Waals surface area (Å²) in [6.07, 6.45) is 4.38. The minimum atomic E-state index is -0.428. The summed E-state index contributed by atoms with van der Waals surface area (Å²) in [5, 5.41) is 0. The van der Waals surface area contributed by atoms with E-state index in [0.29, 0.717) is 41.5 Å². The van der Waals surface area contributed by atoms with Gasteiger partial charge in [-0.1, -0.05) is 42.5 Å². The van der Waals surface area contributed by atoms with E-state index >= 15 is 0 Å². The highest BCUT2D eigenvalue weighted by atomic mass is 16.5. The van der Waals surface area contributed by atoms with Gasteiger partial charge >= 0.3 is 5.97 Å². The zero-order valence-corrected chi connectivity index (χ0v) is 18.9. The van der Waals surface area contributed by atoms with Crippen molar-refractivity contribution < 1.29 is 18.7 Å². The van der Waals surface area contributed by atoms with Gasteiger partial charge in [0.2, 0.25) is 5.88 Å². The molecule has 7 nitrogen and oxygen atoms in total. The van der Waals surface area contributed by atoms with Crippen molar-refractivity contribution in [1.29, 1.82) is 0 Å². The number of hydrogen-bond donors (Lipinski definition) is 0. The van der Waals surface area contributed by atoms with Gasteiger partial charge in [-0.05, 0) is 29.8 Å². The summed E-state index contributed by atoms with van der Waals surface area (Å²) in [5.41, 5.74) is 4.59. The lowest BCUT2D eigenvalue weighted by atomic mass is 10.1. The third-order valence-electron chi connectivity index (χ3n) is 5.46. The summed E-state index contributed by atoms with van der Waals surface area (Å²) in [6.45, 7) is 1.38. The number of aromatic nitrogens is 3. The highest BCUT2D eigenvalue weighted by Gasteiger charge is 2.22. The van der Waals surface area contributed by atoms with E-state index in [1.54, 1.807) is 17.8 Å². The largest absolute Gasteiger partial charge is 0.496 e. The number of nitrogens with zero attached hydrogens (tertiary/aromatic N) is 3. The van der Waals surface area contributed by atoms with Crippen LogP contribution in [0.25, 0.3) is 16.9 Å². The highest BCUT2D eigenvalue weighted by Crippen LogP contribution is 2.32. The maximum absolute atomic E-state index is 12.0. The fourth-order valence-corrected chi connectivity index (χ4v) is 3.97. The van der Waals surface area contributed by atoms with E-state index in [1.165, 1.54) is 6.92 Å². The van der Waals surface area contributed by atoms with E-state index in [4.69, 9.17) is 23.9 Å². The summed E-state index contributed by atoms with van der Waals surface area (Å²) in [6, 6.07) is 21.4. The second-order valence-corrected chi connectivity index (χ2v) is 7.84. The van der Waals surface area contributed by atoms with E-state index in [9.17, 15) is 4.79 Å². The summed E-state index contributed by atoms with van der Waals surface area (Å²) in [7, 11) is 1.63. The van der Waals surface area contributed by atoms with Gasteiger partial charge in [0.15, 0.2) is 5.65 Å². The second kappa shape index (κ2) is 9.23. The van der Waals surface area contributed by atoms with Crippen LogP contribution in [0.3, 0.4) is 0 Å². The molecule has 0 saturated heterocycles. The average Bonchev–Trinajstić information content (AvgIpc) is 3.48. The first-order chi connectivity index (χ1) is 16.6. The molecule has 7 heteroatoms.